The van der Waals surface area contributed by atoms with Crippen LogP contribution in [0.2, 0.25) is 5.02 Å². The monoisotopic (exact) mass is 569 g/mol. The van der Waals surface area contributed by atoms with Crippen molar-refractivity contribution in [2.24, 2.45) is 5.10 Å². The van der Waals surface area contributed by atoms with Crippen molar-refractivity contribution in [3.8, 4) is 28.1 Å². The molecule has 1 heterocycles. The standard InChI is InChI=1S/C30H21BrClN3O2/c31-23-12-15-28-26(16-23)25(20-6-2-1-3-7-20)17-29(34-28)21-10-13-24(14-11-21)37-19-30(36)35-33-18-22-8-4-5-9-27(22)32/h1-18H,19H2,(H,35,36). The highest BCUT2D eigenvalue weighted by Gasteiger charge is 2.11. The van der Waals surface area contributed by atoms with E-state index in [-0.39, 0.29) is 12.5 Å². The lowest BCUT2D eigenvalue weighted by atomic mass is 9.98. The first-order valence-corrected chi connectivity index (χ1v) is 12.7. The Morgan fingerprint density at radius 1 is 0.919 bits per heavy atom. The van der Waals surface area contributed by atoms with E-state index in [1.54, 1.807) is 6.07 Å². The molecule has 0 aliphatic carbocycles. The largest absolute Gasteiger partial charge is 0.484 e. The Morgan fingerprint density at radius 2 is 1.68 bits per heavy atom. The summed E-state index contributed by atoms with van der Waals surface area (Å²) in [6.45, 7) is -0.166. The van der Waals surface area contributed by atoms with Gasteiger partial charge in [-0.1, -0.05) is 76.1 Å². The molecular formula is C30H21BrClN3O2. The lowest BCUT2D eigenvalue weighted by Gasteiger charge is -2.11. The zero-order chi connectivity index (χ0) is 25.6. The molecule has 0 bridgehead atoms. The highest BCUT2D eigenvalue weighted by Crippen LogP contribution is 2.34. The fourth-order valence-corrected chi connectivity index (χ4v) is 4.40. The van der Waals surface area contributed by atoms with Crippen LogP contribution in [0, 0.1) is 0 Å². The van der Waals surface area contributed by atoms with E-state index in [2.05, 4.69) is 50.7 Å². The van der Waals surface area contributed by atoms with Gasteiger partial charge in [0.1, 0.15) is 5.75 Å². The molecule has 4 aromatic carbocycles. The molecular weight excluding hydrogens is 550 g/mol. The van der Waals surface area contributed by atoms with Gasteiger partial charge in [-0.2, -0.15) is 5.10 Å². The lowest BCUT2D eigenvalue weighted by Crippen LogP contribution is -2.24. The van der Waals surface area contributed by atoms with Crippen molar-refractivity contribution >= 4 is 50.6 Å². The summed E-state index contributed by atoms with van der Waals surface area (Å²) in [6.07, 6.45) is 1.49. The number of nitrogens with one attached hydrogen (secondary N) is 1. The maximum absolute atomic E-state index is 12.1. The summed E-state index contributed by atoms with van der Waals surface area (Å²) in [7, 11) is 0. The first-order chi connectivity index (χ1) is 18.1. The van der Waals surface area contributed by atoms with Crippen LogP contribution in [0.15, 0.2) is 113 Å². The number of hydrogen-bond donors (Lipinski definition) is 1. The number of pyridine rings is 1. The van der Waals surface area contributed by atoms with Crippen LogP contribution in [0.1, 0.15) is 5.56 Å². The summed E-state index contributed by atoms with van der Waals surface area (Å²) in [5, 5.41) is 5.57. The Balaban J connectivity index is 1.29. The number of hydrogen-bond acceptors (Lipinski definition) is 4. The average Bonchev–Trinajstić information content (AvgIpc) is 2.93. The number of carbonyl (C=O) groups is 1. The Labute approximate surface area is 227 Å². The number of rotatable bonds is 7. The van der Waals surface area contributed by atoms with E-state index in [4.69, 9.17) is 21.3 Å². The Bertz CT molecular complexity index is 1590. The summed E-state index contributed by atoms with van der Waals surface area (Å²) < 4.78 is 6.63. The molecule has 0 atom stereocenters. The van der Waals surface area contributed by atoms with Crippen molar-refractivity contribution in [3.05, 3.63) is 118 Å². The van der Waals surface area contributed by atoms with Crippen LogP contribution in [-0.2, 0) is 4.79 Å². The molecule has 7 heteroatoms. The fraction of sp³-hybridized carbons (Fsp3) is 0.0333. The van der Waals surface area contributed by atoms with Crippen molar-refractivity contribution < 1.29 is 9.53 Å². The maximum atomic E-state index is 12.1. The number of hydrazone groups is 1. The smallest absolute Gasteiger partial charge is 0.277 e. The predicted molar refractivity (Wildman–Crippen MR) is 153 cm³/mol. The minimum absolute atomic E-state index is 0.166. The average molecular weight is 571 g/mol. The molecule has 0 saturated heterocycles. The highest BCUT2D eigenvalue weighted by molar-refractivity contribution is 9.10. The molecule has 5 rings (SSSR count). The van der Waals surface area contributed by atoms with Crippen LogP contribution in [-0.4, -0.2) is 23.7 Å². The van der Waals surface area contributed by atoms with Gasteiger partial charge in [-0.3, -0.25) is 4.79 Å². The molecule has 1 N–H and O–H groups in total. The number of aromatic nitrogens is 1. The lowest BCUT2D eigenvalue weighted by molar-refractivity contribution is -0.123. The van der Waals surface area contributed by atoms with Crippen LogP contribution in [0.3, 0.4) is 0 Å². The van der Waals surface area contributed by atoms with Crippen LogP contribution < -0.4 is 10.2 Å². The summed E-state index contributed by atoms with van der Waals surface area (Å²) in [6, 6.07) is 33.2. The quantitative estimate of drug-likeness (QED) is 0.163. The molecule has 0 spiro atoms. The van der Waals surface area contributed by atoms with E-state index in [9.17, 15) is 4.79 Å². The van der Waals surface area contributed by atoms with Gasteiger partial charge in [0, 0.05) is 26.0 Å². The molecule has 0 saturated carbocycles. The van der Waals surface area contributed by atoms with E-state index >= 15 is 0 Å². The van der Waals surface area contributed by atoms with Crippen molar-refractivity contribution in [2.45, 2.75) is 0 Å². The van der Waals surface area contributed by atoms with Crippen molar-refractivity contribution in [3.63, 3.8) is 0 Å². The molecule has 0 aliphatic rings. The summed E-state index contributed by atoms with van der Waals surface area (Å²) in [5.74, 6) is 0.198. The second-order valence-electron chi connectivity index (χ2n) is 8.21. The fourth-order valence-electron chi connectivity index (χ4n) is 3.86. The van der Waals surface area contributed by atoms with E-state index in [1.165, 1.54) is 6.21 Å². The van der Waals surface area contributed by atoms with Gasteiger partial charge >= 0.3 is 0 Å². The van der Waals surface area contributed by atoms with Gasteiger partial charge in [0.05, 0.1) is 17.4 Å². The molecule has 1 aromatic heterocycles. The minimum Gasteiger partial charge on any atom is -0.484 e. The van der Waals surface area contributed by atoms with Gasteiger partial charge in [-0.15, -0.1) is 0 Å². The van der Waals surface area contributed by atoms with E-state index in [1.807, 2.05) is 72.8 Å². The number of halogens is 2. The molecule has 0 radical (unpaired) electrons. The normalized spacial score (nSPS) is 11.1. The second-order valence-corrected chi connectivity index (χ2v) is 9.53. The van der Waals surface area contributed by atoms with Crippen LogP contribution in [0.4, 0.5) is 0 Å². The van der Waals surface area contributed by atoms with E-state index in [0.29, 0.717) is 16.3 Å². The van der Waals surface area contributed by atoms with Gasteiger partial charge in [0.15, 0.2) is 6.61 Å². The molecule has 182 valence electrons. The number of carbonyl (C=O) groups excluding carboxylic acids is 1. The van der Waals surface area contributed by atoms with Gasteiger partial charge in [0.25, 0.3) is 5.91 Å². The molecule has 0 fully saturated rings. The SMILES string of the molecule is O=C(COc1ccc(-c2cc(-c3ccccc3)c3cc(Br)ccc3n2)cc1)NN=Cc1ccccc1Cl. The van der Waals surface area contributed by atoms with Crippen molar-refractivity contribution in [1.82, 2.24) is 10.4 Å². The Morgan fingerprint density at radius 3 is 2.46 bits per heavy atom. The summed E-state index contributed by atoms with van der Waals surface area (Å²) in [4.78, 5) is 17.0. The minimum atomic E-state index is -0.373. The van der Waals surface area contributed by atoms with Crippen molar-refractivity contribution in [1.29, 1.82) is 0 Å². The number of benzene rings is 4. The zero-order valence-corrected chi connectivity index (χ0v) is 21.9. The predicted octanol–water partition coefficient (Wildman–Crippen LogP) is 7.51. The molecule has 0 aliphatic heterocycles. The molecule has 37 heavy (non-hydrogen) atoms. The number of ether oxygens (including phenoxy) is 1. The molecule has 5 aromatic rings. The second kappa shape index (κ2) is 11.4. The third-order valence-electron chi connectivity index (χ3n) is 5.67. The molecule has 0 unspecified atom stereocenters. The zero-order valence-electron chi connectivity index (χ0n) is 19.6. The van der Waals surface area contributed by atoms with E-state index in [0.717, 1.165) is 37.8 Å². The van der Waals surface area contributed by atoms with Gasteiger partial charge in [-0.25, -0.2) is 10.4 Å². The topological polar surface area (TPSA) is 63.6 Å². The number of amides is 1. The van der Waals surface area contributed by atoms with Crippen LogP contribution in [0.5, 0.6) is 5.75 Å². The maximum Gasteiger partial charge on any atom is 0.277 e. The van der Waals surface area contributed by atoms with Crippen LogP contribution >= 0.6 is 27.5 Å². The third kappa shape index (κ3) is 6.05. The molecule has 1 amide bonds. The number of nitrogens with zero attached hydrogens (tertiary/aromatic N) is 2. The number of fused-ring (bicyclic) bond motifs is 1. The third-order valence-corrected chi connectivity index (χ3v) is 6.51. The Kier molecular flexibility index (Phi) is 7.59. The Hall–Kier alpha value is -4.00. The first kappa shape index (κ1) is 24.7. The molecule has 5 nitrogen and oxygen atoms in total. The summed E-state index contributed by atoms with van der Waals surface area (Å²) >= 11 is 9.66. The van der Waals surface area contributed by atoms with Crippen LogP contribution in [0.25, 0.3) is 33.3 Å². The van der Waals surface area contributed by atoms with Gasteiger partial charge in [0.2, 0.25) is 0 Å². The van der Waals surface area contributed by atoms with Gasteiger partial charge in [-0.05, 0) is 65.7 Å². The summed E-state index contributed by atoms with van der Waals surface area (Å²) in [5.41, 5.74) is 8.10. The van der Waals surface area contributed by atoms with E-state index < -0.39 is 0 Å². The van der Waals surface area contributed by atoms with Gasteiger partial charge < -0.3 is 4.74 Å². The highest BCUT2D eigenvalue weighted by atomic mass is 79.9. The van der Waals surface area contributed by atoms with Crippen molar-refractivity contribution in [2.75, 3.05) is 6.61 Å². The first-order valence-electron chi connectivity index (χ1n) is 11.5.